The van der Waals surface area contributed by atoms with Crippen LogP contribution in [0.5, 0.6) is 17.2 Å². The Bertz CT molecular complexity index is 670. The fourth-order valence-electron chi connectivity index (χ4n) is 3.36. The maximum atomic E-state index is 5.68. The minimum absolute atomic E-state index is 0.266. The van der Waals surface area contributed by atoms with Crippen molar-refractivity contribution in [2.24, 2.45) is 0 Å². The third-order valence-corrected chi connectivity index (χ3v) is 4.44. The van der Waals surface area contributed by atoms with E-state index in [9.17, 15) is 0 Å². The summed E-state index contributed by atoms with van der Waals surface area (Å²) in [6, 6.07) is 12.6. The number of fused-ring (bicyclic) bond motifs is 1. The average molecular weight is 313 g/mol. The molecule has 0 spiro atoms. The lowest BCUT2D eigenvalue weighted by molar-refractivity contribution is 0.321. The Morgan fingerprint density at radius 2 is 1.70 bits per heavy atom. The number of methoxy groups -OCH3 is 3. The zero-order valence-corrected chi connectivity index (χ0v) is 13.9. The van der Waals surface area contributed by atoms with E-state index >= 15 is 0 Å². The van der Waals surface area contributed by atoms with E-state index in [0.717, 1.165) is 25.3 Å². The second-order valence-electron chi connectivity index (χ2n) is 5.63. The molecular formula is C19H23NO3. The van der Waals surface area contributed by atoms with Gasteiger partial charge in [0.05, 0.1) is 21.3 Å². The first kappa shape index (κ1) is 15.7. The summed E-state index contributed by atoms with van der Waals surface area (Å²) in [7, 11) is 5.00. The Balaban J connectivity index is 2.21. The molecule has 2 aromatic rings. The topological polar surface area (TPSA) is 39.7 Å². The Labute approximate surface area is 137 Å². The molecule has 122 valence electrons. The molecule has 23 heavy (non-hydrogen) atoms. The molecule has 0 amide bonds. The zero-order chi connectivity index (χ0) is 16.2. The quantitative estimate of drug-likeness (QED) is 0.942. The highest BCUT2D eigenvalue weighted by molar-refractivity contribution is 5.61. The van der Waals surface area contributed by atoms with Crippen LogP contribution in [-0.4, -0.2) is 34.4 Å². The van der Waals surface area contributed by atoms with Crippen LogP contribution in [0.3, 0.4) is 0 Å². The second kappa shape index (κ2) is 6.92. The molecule has 4 heteroatoms. The largest absolute Gasteiger partial charge is 0.493 e. The van der Waals surface area contributed by atoms with Gasteiger partial charge in [-0.15, -0.1) is 0 Å². The van der Waals surface area contributed by atoms with Crippen LogP contribution >= 0.6 is 0 Å². The maximum Gasteiger partial charge on any atom is 0.203 e. The molecule has 1 aliphatic rings. The predicted octanol–water partition coefficient (Wildman–Crippen LogP) is 2.99. The SMILES string of the molecule is COc1cc2c(c(OC)c1OC)CCNC[C@H]2c1ccccc1. The molecule has 3 rings (SSSR count). The Kier molecular flexibility index (Phi) is 4.72. The molecular weight excluding hydrogens is 290 g/mol. The maximum absolute atomic E-state index is 5.68. The van der Waals surface area contributed by atoms with Gasteiger partial charge in [0.15, 0.2) is 11.5 Å². The molecule has 0 fully saturated rings. The Hall–Kier alpha value is -2.20. The van der Waals surface area contributed by atoms with Gasteiger partial charge in [-0.2, -0.15) is 0 Å². The van der Waals surface area contributed by atoms with Crippen molar-refractivity contribution in [1.82, 2.24) is 5.32 Å². The van der Waals surface area contributed by atoms with Crippen LogP contribution < -0.4 is 19.5 Å². The molecule has 0 bridgehead atoms. The summed E-state index contributed by atoms with van der Waals surface area (Å²) in [5, 5.41) is 3.53. The van der Waals surface area contributed by atoms with Crippen LogP contribution in [0.25, 0.3) is 0 Å². The van der Waals surface area contributed by atoms with Crippen molar-refractivity contribution >= 4 is 0 Å². The van der Waals surface area contributed by atoms with Crippen LogP contribution in [0.1, 0.15) is 22.6 Å². The molecule has 0 unspecified atom stereocenters. The molecule has 0 aromatic heterocycles. The molecule has 1 N–H and O–H groups in total. The van der Waals surface area contributed by atoms with Crippen LogP contribution in [0.15, 0.2) is 36.4 Å². The summed E-state index contributed by atoms with van der Waals surface area (Å²) >= 11 is 0. The van der Waals surface area contributed by atoms with Crippen molar-refractivity contribution in [2.45, 2.75) is 12.3 Å². The second-order valence-corrected chi connectivity index (χ2v) is 5.63. The van der Waals surface area contributed by atoms with E-state index in [-0.39, 0.29) is 5.92 Å². The number of nitrogens with one attached hydrogen (secondary N) is 1. The van der Waals surface area contributed by atoms with E-state index in [0.29, 0.717) is 11.5 Å². The lowest BCUT2D eigenvalue weighted by Crippen LogP contribution is -2.20. The molecule has 1 heterocycles. The number of ether oxygens (including phenoxy) is 3. The van der Waals surface area contributed by atoms with E-state index in [1.807, 2.05) is 6.07 Å². The molecule has 0 aliphatic carbocycles. The van der Waals surface area contributed by atoms with E-state index in [2.05, 4.69) is 35.6 Å². The minimum Gasteiger partial charge on any atom is -0.493 e. The van der Waals surface area contributed by atoms with Crippen LogP contribution in [0.2, 0.25) is 0 Å². The van der Waals surface area contributed by atoms with Gasteiger partial charge in [0.25, 0.3) is 0 Å². The zero-order valence-electron chi connectivity index (χ0n) is 13.9. The smallest absolute Gasteiger partial charge is 0.203 e. The van der Waals surface area contributed by atoms with Gasteiger partial charge in [-0.3, -0.25) is 0 Å². The standard InChI is InChI=1S/C19H23NO3/c1-21-17-11-15-14(18(22-2)19(17)23-3)9-10-20-12-16(15)13-7-5-4-6-8-13/h4-8,11,16,20H,9-10,12H2,1-3H3/t16-/m0/s1. The summed E-state index contributed by atoms with van der Waals surface area (Å²) in [4.78, 5) is 0. The van der Waals surface area contributed by atoms with Gasteiger partial charge < -0.3 is 19.5 Å². The van der Waals surface area contributed by atoms with Crippen LogP contribution in [0.4, 0.5) is 0 Å². The minimum atomic E-state index is 0.266. The molecule has 1 aliphatic heterocycles. The summed E-state index contributed by atoms with van der Waals surface area (Å²) in [5.74, 6) is 2.43. The number of rotatable bonds is 4. The molecule has 1 atom stereocenters. The molecule has 0 radical (unpaired) electrons. The van der Waals surface area contributed by atoms with Gasteiger partial charge in [-0.1, -0.05) is 30.3 Å². The molecule has 0 saturated carbocycles. The number of hydrogen-bond acceptors (Lipinski definition) is 4. The predicted molar refractivity (Wildman–Crippen MR) is 91.0 cm³/mol. The molecule has 4 nitrogen and oxygen atoms in total. The highest BCUT2D eigenvalue weighted by atomic mass is 16.5. The van der Waals surface area contributed by atoms with E-state index in [4.69, 9.17) is 14.2 Å². The normalized spacial score (nSPS) is 17.1. The number of benzene rings is 2. The average Bonchev–Trinajstić information content (AvgIpc) is 2.82. The lowest BCUT2D eigenvalue weighted by atomic mass is 9.87. The van der Waals surface area contributed by atoms with Gasteiger partial charge in [-0.25, -0.2) is 0 Å². The third-order valence-electron chi connectivity index (χ3n) is 4.44. The van der Waals surface area contributed by atoms with Crippen LogP contribution in [-0.2, 0) is 6.42 Å². The van der Waals surface area contributed by atoms with E-state index in [1.54, 1.807) is 21.3 Å². The van der Waals surface area contributed by atoms with Crippen molar-refractivity contribution < 1.29 is 14.2 Å². The fraction of sp³-hybridized carbons (Fsp3) is 0.368. The van der Waals surface area contributed by atoms with E-state index in [1.165, 1.54) is 16.7 Å². The van der Waals surface area contributed by atoms with Crippen molar-refractivity contribution in [1.29, 1.82) is 0 Å². The Morgan fingerprint density at radius 3 is 2.35 bits per heavy atom. The van der Waals surface area contributed by atoms with Gasteiger partial charge in [-0.05, 0) is 30.2 Å². The first-order valence-corrected chi connectivity index (χ1v) is 7.87. The van der Waals surface area contributed by atoms with Gasteiger partial charge in [0.1, 0.15) is 0 Å². The fourth-order valence-corrected chi connectivity index (χ4v) is 3.36. The van der Waals surface area contributed by atoms with Crippen molar-refractivity contribution in [3.63, 3.8) is 0 Å². The van der Waals surface area contributed by atoms with Gasteiger partial charge in [0.2, 0.25) is 5.75 Å². The lowest BCUT2D eigenvalue weighted by Gasteiger charge is -2.23. The first-order chi connectivity index (χ1) is 11.3. The third kappa shape index (κ3) is 2.86. The van der Waals surface area contributed by atoms with Crippen LogP contribution in [0, 0.1) is 0 Å². The van der Waals surface area contributed by atoms with Crippen molar-refractivity contribution in [3.05, 3.63) is 53.1 Å². The summed E-state index contributed by atoms with van der Waals surface area (Å²) < 4.78 is 16.8. The molecule has 2 aromatic carbocycles. The Morgan fingerprint density at radius 1 is 0.957 bits per heavy atom. The van der Waals surface area contributed by atoms with Crippen molar-refractivity contribution in [3.8, 4) is 17.2 Å². The molecule has 0 saturated heterocycles. The summed E-state index contributed by atoms with van der Waals surface area (Å²) in [5.41, 5.74) is 3.73. The highest BCUT2D eigenvalue weighted by Gasteiger charge is 2.27. The summed E-state index contributed by atoms with van der Waals surface area (Å²) in [6.07, 6.45) is 0.905. The first-order valence-electron chi connectivity index (χ1n) is 7.87. The van der Waals surface area contributed by atoms with Gasteiger partial charge in [0, 0.05) is 18.0 Å². The van der Waals surface area contributed by atoms with Crippen molar-refractivity contribution in [2.75, 3.05) is 34.4 Å². The summed E-state index contributed by atoms with van der Waals surface area (Å²) in [6.45, 7) is 1.82. The monoisotopic (exact) mass is 313 g/mol. The number of hydrogen-bond donors (Lipinski definition) is 1. The van der Waals surface area contributed by atoms with Gasteiger partial charge >= 0.3 is 0 Å². The van der Waals surface area contributed by atoms with E-state index < -0.39 is 0 Å². The highest BCUT2D eigenvalue weighted by Crippen LogP contribution is 2.45.